The summed E-state index contributed by atoms with van der Waals surface area (Å²) in [6.07, 6.45) is 7.66. The fourth-order valence-corrected chi connectivity index (χ4v) is 5.06. The van der Waals surface area contributed by atoms with E-state index in [9.17, 15) is 9.18 Å². The topological polar surface area (TPSA) is 59.4 Å². The van der Waals surface area contributed by atoms with Crippen LogP contribution in [0.4, 0.5) is 4.39 Å². The number of aryl methyl sites for hydroxylation is 2. The summed E-state index contributed by atoms with van der Waals surface area (Å²) in [5.74, 6) is 0.0805. The normalized spacial score (nSPS) is 18.2. The van der Waals surface area contributed by atoms with Gasteiger partial charge in [0.25, 0.3) is 0 Å². The maximum Gasteiger partial charge on any atom is 0.303 e. The van der Waals surface area contributed by atoms with Crippen molar-refractivity contribution >= 4 is 22.9 Å². The molecular weight excluding hydrogens is 389 g/mol. The van der Waals surface area contributed by atoms with Gasteiger partial charge < -0.3 is 9.84 Å². The summed E-state index contributed by atoms with van der Waals surface area (Å²) in [5.41, 5.74) is 3.89. The number of carboxylic acid groups (broad SMARTS) is 1. The number of carboxylic acids is 1. The van der Waals surface area contributed by atoms with E-state index in [2.05, 4.69) is 4.98 Å². The summed E-state index contributed by atoms with van der Waals surface area (Å²) in [6, 6.07) is 5.96. The summed E-state index contributed by atoms with van der Waals surface area (Å²) in [4.78, 5) is 16.7. The molecule has 29 heavy (non-hydrogen) atoms. The van der Waals surface area contributed by atoms with Crippen molar-refractivity contribution in [3.63, 3.8) is 0 Å². The number of benzene rings is 1. The number of hydrogen-bond acceptors (Lipinski definition) is 4. The summed E-state index contributed by atoms with van der Waals surface area (Å²) < 4.78 is 20.0. The first-order valence-corrected chi connectivity index (χ1v) is 10.8. The molecule has 0 amide bonds. The maximum atomic E-state index is 14.1. The fraction of sp³-hybridized carbons (Fsp3) is 0.391. The maximum absolute atomic E-state index is 14.1. The van der Waals surface area contributed by atoms with Gasteiger partial charge >= 0.3 is 5.97 Å². The van der Waals surface area contributed by atoms with Crippen LogP contribution in [0, 0.1) is 6.92 Å². The Morgan fingerprint density at radius 3 is 3.03 bits per heavy atom. The largest absolute Gasteiger partial charge is 0.493 e. The lowest BCUT2D eigenvalue weighted by Crippen LogP contribution is -2.04. The number of rotatable bonds is 7. The number of nitrogens with zero attached hydrogens (tertiary/aromatic N) is 1. The highest BCUT2D eigenvalue weighted by molar-refractivity contribution is 7.12. The molecule has 0 bridgehead atoms. The van der Waals surface area contributed by atoms with Crippen molar-refractivity contribution in [3.8, 4) is 5.75 Å². The minimum atomic E-state index is -0.749. The van der Waals surface area contributed by atoms with E-state index >= 15 is 0 Å². The van der Waals surface area contributed by atoms with Crippen LogP contribution in [0.25, 0.3) is 5.57 Å². The molecule has 0 spiro atoms. The molecule has 1 heterocycles. The number of ether oxygens (including phenoxy) is 1. The Kier molecular flexibility index (Phi) is 5.81. The number of halogens is 1. The zero-order valence-electron chi connectivity index (χ0n) is 16.4. The third-order valence-corrected chi connectivity index (χ3v) is 6.62. The van der Waals surface area contributed by atoms with E-state index in [-0.39, 0.29) is 18.2 Å². The van der Waals surface area contributed by atoms with E-state index in [0.717, 1.165) is 46.2 Å². The van der Waals surface area contributed by atoms with Crippen molar-refractivity contribution in [2.24, 2.45) is 0 Å². The predicted octanol–water partition coefficient (Wildman–Crippen LogP) is 5.61. The highest BCUT2D eigenvalue weighted by Crippen LogP contribution is 2.37. The zero-order chi connectivity index (χ0) is 20.4. The number of thiazole rings is 1. The van der Waals surface area contributed by atoms with Crippen LogP contribution in [0.1, 0.15) is 58.3 Å². The van der Waals surface area contributed by atoms with Crippen LogP contribution >= 0.6 is 11.3 Å². The second kappa shape index (κ2) is 8.49. The first kappa shape index (κ1) is 19.8. The molecule has 0 radical (unpaired) electrons. The molecule has 0 saturated heterocycles. The molecule has 1 aromatic carbocycles. The molecule has 6 heteroatoms. The van der Waals surface area contributed by atoms with Crippen molar-refractivity contribution in [3.05, 3.63) is 62.9 Å². The lowest BCUT2D eigenvalue weighted by molar-refractivity contribution is -0.137. The van der Waals surface area contributed by atoms with Crippen LogP contribution < -0.4 is 4.74 Å². The first-order valence-electron chi connectivity index (χ1n) is 10.0. The summed E-state index contributed by atoms with van der Waals surface area (Å²) >= 11 is 1.53. The average Bonchev–Trinajstić information content (AvgIpc) is 3.25. The summed E-state index contributed by atoms with van der Waals surface area (Å²) in [6.45, 7) is 2.51. The molecule has 0 saturated carbocycles. The molecule has 2 aromatic rings. The van der Waals surface area contributed by atoms with Gasteiger partial charge in [-0.2, -0.15) is 0 Å². The summed E-state index contributed by atoms with van der Waals surface area (Å²) in [7, 11) is 0. The van der Waals surface area contributed by atoms with Crippen LogP contribution in [0.2, 0.25) is 0 Å². The Hall–Kier alpha value is -2.47. The van der Waals surface area contributed by atoms with Gasteiger partial charge in [-0.15, -0.1) is 11.3 Å². The van der Waals surface area contributed by atoms with Crippen LogP contribution in [-0.2, 0) is 17.6 Å². The molecule has 4 rings (SSSR count). The average molecular weight is 414 g/mol. The van der Waals surface area contributed by atoms with Crippen LogP contribution in [0.3, 0.4) is 0 Å². The molecule has 1 N–H and O–H groups in total. The first-order chi connectivity index (χ1) is 14.0. The Morgan fingerprint density at radius 1 is 1.38 bits per heavy atom. The molecule has 1 unspecified atom stereocenters. The van der Waals surface area contributed by atoms with Crippen molar-refractivity contribution in [2.45, 2.75) is 51.4 Å². The number of fused-ring (bicyclic) bond motifs is 1. The van der Waals surface area contributed by atoms with Gasteiger partial charge in [-0.05, 0) is 55.4 Å². The standard InChI is InChI=1S/C23H24FNO3S/c1-14-21(25-23(29-14)19-4-2-3-5-20(19)24)10-11-28-17-8-9-18-15(12-17)6-7-16(18)13-22(26)27/h2,4,8-9,12,16H,3,5-7,10-11,13H2,1H3,(H,26,27). The van der Waals surface area contributed by atoms with E-state index < -0.39 is 5.97 Å². The Bertz CT molecular complexity index is 992. The van der Waals surface area contributed by atoms with Gasteiger partial charge in [0, 0.05) is 23.3 Å². The zero-order valence-corrected chi connectivity index (χ0v) is 17.2. The van der Waals surface area contributed by atoms with E-state index in [1.165, 1.54) is 16.9 Å². The van der Waals surface area contributed by atoms with Gasteiger partial charge in [0.15, 0.2) is 0 Å². The highest BCUT2D eigenvalue weighted by Gasteiger charge is 2.25. The van der Waals surface area contributed by atoms with Gasteiger partial charge in [-0.25, -0.2) is 9.37 Å². The molecule has 2 aliphatic carbocycles. The van der Waals surface area contributed by atoms with Crippen molar-refractivity contribution in [2.75, 3.05) is 6.61 Å². The third kappa shape index (κ3) is 4.42. The lowest BCUT2D eigenvalue weighted by Gasteiger charge is -2.11. The number of aliphatic carboxylic acids is 1. The molecule has 0 aliphatic heterocycles. The van der Waals surface area contributed by atoms with Gasteiger partial charge in [0.1, 0.15) is 16.6 Å². The Morgan fingerprint density at radius 2 is 2.24 bits per heavy atom. The second-order valence-electron chi connectivity index (χ2n) is 7.57. The molecule has 4 nitrogen and oxygen atoms in total. The minimum Gasteiger partial charge on any atom is -0.493 e. The fourth-order valence-electron chi connectivity index (χ4n) is 4.06. The smallest absolute Gasteiger partial charge is 0.303 e. The lowest BCUT2D eigenvalue weighted by atomic mass is 9.98. The monoisotopic (exact) mass is 413 g/mol. The van der Waals surface area contributed by atoms with Crippen molar-refractivity contribution < 1.29 is 19.0 Å². The Labute approximate surface area is 173 Å². The number of allylic oxidation sites excluding steroid dienone is 4. The van der Waals surface area contributed by atoms with E-state index in [0.29, 0.717) is 25.0 Å². The van der Waals surface area contributed by atoms with E-state index in [1.54, 1.807) is 0 Å². The van der Waals surface area contributed by atoms with Crippen LogP contribution in [-0.4, -0.2) is 22.7 Å². The molecule has 152 valence electrons. The van der Waals surface area contributed by atoms with Crippen molar-refractivity contribution in [1.82, 2.24) is 4.98 Å². The van der Waals surface area contributed by atoms with Crippen LogP contribution in [0.5, 0.6) is 5.75 Å². The van der Waals surface area contributed by atoms with E-state index in [1.807, 2.05) is 37.3 Å². The highest BCUT2D eigenvalue weighted by atomic mass is 32.1. The predicted molar refractivity (Wildman–Crippen MR) is 112 cm³/mol. The van der Waals surface area contributed by atoms with Crippen molar-refractivity contribution in [1.29, 1.82) is 0 Å². The number of aromatic nitrogens is 1. The molecule has 2 aliphatic rings. The quantitative estimate of drug-likeness (QED) is 0.641. The van der Waals surface area contributed by atoms with Gasteiger partial charge in [0.05, 0.1) is 18.7 Å². The van der Waals surface area contributed by atoms with Gasteiger partial charge in [-0.3, -0.25) is 4.79 Å². The number of carbonyl (C=O) groups is 1. The summed E-state index contributed by atoms with van der Waals surface area (Å²) in [5, 5.41) is 9.79. The molecular formula is C23H24FNO3S. The molecule has 1 atom stereocenters. The van der Waals surface area contributed by atoms with Gasteiger partial charge in [-0.1, -0.05) is 18.2 Å². The third-order valence-electron chi connectivity index (χ3n) is 5.58. The molecule has 0 fully saturated rings. The Balaban J connectivity index is 1.38. The number of hydrogen-bond donors (Lipinski definition) is 1. The SMILES string of the molecule is Cc1sc(C2=C(F)CCC=C2)nc1CCOc1ccc2c(c1)CCC2CC(=O)O. The van der Waals surface area contributed by atoms with E-state index in [4.69, 9.17) is 9.84 Å². The molecule has 1 aromatic heterocycles. The minimum absolute atomic E-state index is 0.0802. The van der Waals surface area contributed by atoms with Crippen LogP contribution in [0.15, 0.2) is 36.2 Å². The van der Waals surface area contributed by atoms with Gasteiger partial charge in [0.2, 0.25) is 0 Å². The second-order valence-corrected chi connectivity index (χ2v) is 8.78.